The molecule has 12 heteroatoms. The molecule has 11 nitrogen and oxygen atoms in total. The smallest absolute Gasteiger partial charge is 0.317 e. The van der Waals surface area contributed by atoms with Crippen LogP contribution in [0.1, 0.15) is 19.3 Å². The summed E-state index contributed by atoms with van der Waals surface area (Å²) in [5.41, 5.74) is 0. The number of carbonyl (C=O) groups is 3. The maximum atomic E-state index is 12.8. The number of aliphatic carboxylic acids is 2. The second-order valence-electron chi connectivity index (χ2n) is 11.9. The Hall–Kier alpha value is -1.67. The predicted molar refractivity (Wildman–Crippen MR) is 158 cm³/mol. The van der Waals surface area contributed by atoms with Crippen LogP contribution in [0.3, 0.4) is 0 Å². The van der Waals surface area contributed by atoms with Crippen molar-refractivity contribution in [1.82, 2.24) is 19.6 Å². The second-order valence-corrected chi connectivity index (χ2v) is 17.2. The van der Waals surface area contributed by atoms with E-state index >= 15 is 0 Å². The highest BCUT2D eigenvalue weighted by molar-refractivity contribution is 6.77. The van der Waals surface area contributed by atoms with E-state index in [4.69, 9.17) is 9.47 Å². The summed E-state index contributed by atoms with van der Waals surface area (Å²) in [6, 6.07) is 2.47. The number of ketones is 1. The third-order valence-corrected chi connectivity index (χ3v) is 10.7. The molecule has 0 radical (unpaired) electrons. The van der Waals surface area contributed by atoms with Crippen molar-refractivity contribution in [3.63, 3.8) is 0 Å². The van der Waals surface area contributed by atoms with Gasteiger partial charge in [-0.15, -0.1) is 0 Å². The molecule has 1 fully saturated rings. The molecule has 1 saturated heterocycles. The maximum Gasteiger partial charge on any atom is 0.317 e. The lowest BCUT2D eigenvalue weighted by molar-refractivity contribution is -0.140. The van der Waals surface area contributed by atoms with Gasteiger partial charge in [0, 0.05) is 65.4 Å². The molecule has 2 aliphatic rings. The monoisotopic (exact) mass is 584 g/mol. The van der Waals surface area contributed by atoms with E-state index in [0.717, 1.165) is 19.0 Å². The molecular formula is C28H52N4O7Si. The number of carbonyl (C=O) groups excluding carboxylic acids is 1. The number of hydrogen-bond donors (Lipinski definition) is 2. The third-order valence-electron chi connectivity index (χ3n) is 7.57. The van der Waals surface area contributed by atoms with Crippen LogP contribution in [0.4, 0.5) is 0 Å². The fraction of sp³-hybridized carbons (Fsp3) is 0.821. The Bertz CT molecular complexity index is 814. The first kappa shape index (κ1) is 34.5. The Morgan fingerprint density at radius 3 is 1.95 bits per heavy atom. The van der Waals surface area contributed by atoms with Crippen molar-refractivity contribution in [1.29, 1.82) is 0 Å². The van der Waals surface area contributed by atoms with Gasteiger partial charge >= 0.3 is 11.9 Å². The van der Waals surface area contributed by atoms with E-state index in [-0.39, 0.29) is 25.0 Å². The van der Waals surface area contributed by atoms with E-state index in [9.17, 15) is 24.6 Å². The molecule has 2 rings (SSSR count). The number of ether oxygens (including phenoxy) is 2. The first-order valence-corrected chi connectivity index (χ1v) is 18.1. The highest BCUT2D eigenvalue weighted by Crippen LogP contribution is 2.25. The van der Waals surface area contributed by atoms with Crippen LogP contribution in [0.5, 0.6) is 0 Å². The van der Waals surface area contributed by atoms with Gasteiger partial charge in [-0.25, -0.2) is 0 Å². The number of Topliss-reactive ketones (excluding diaryl/α,β-unsaturated/α-hetero) is 1. The molecule has 2 N–H and O–H groups in total. The molecular weight excluding hydrogens is 532 g/mol. The van der Waals surface area contributed by atoms with E-state index in [1.165, 1.54) is 6.04 Å². The Morgan fingerprint density at radius 2 is 1.38 bits per heavy atom. The minimum atomic E-state index is -1.18. The van der Waals surface area contributed by atoms with Crippen molar-refractivity contribution in [2.24, 2.45) is 0 Å². The molecule has 0 saturated carbocycles. The summed E-state index contributed by atoms with van der Waals surface area (Å²) in [6.45, 7) is 11.4. The molecule has 2 heterocycles. The SMILES string of the molecule is CN1CCN(CC(=O)O)CCN(CC(=O)O)CCN(CC(=O)CCCOCCOC2C=CCC[Si](C)(C)C2)CC1. The van der Waals surface area contributed by atoms with Crippen molar-refractivity contribution in [3.05, 3.63) is 12.2 Å². The zero-order valence-electron chi connectivity index (χ0n) is 24.9. The lowest BCUT2D eigenvalue weighted by Gasteiger charge is -2.32. The van der Waals surface area contributed by atoms with Gasteiger partial charge < -0.3 is 24.6 Å². The molecule has 1 atom stereocenters. The fourth-order valence-corrected chi connectivity index (χ4v) is 7.60. The van der Waals surface area contributed by atoms with Gasteiger partial charge in [-0.1, -0.05) is 31.3 Å². The fourth-order valence-electron chi connectivity index (χ4n) is 5.11. The number of rotatable bonds is 14. The van der Waals surface area contributed by atoms with Crippen LogP contribution in [0.25, 0.3) is 0 Å². The van der Waals surface area contributed by atoms with Crippen LogP contribution in [-0.2, 0) is 23.9 Å². The van der Waals surface area contributed by atoms with Crippen molar-refractivity contribution >= 4 is 25.8 Å². The Morgan fingerprint density at radius 1 is 0.825 bits per heavy atom. The van der Waals surface area contributed by atoms with Gasteiger partial charge in [-0.2, -0.15) is 0 Å². The minimum absolute atomic E-state index is 0.0658. The van der Waals surface area contributed by atoms with Gasteiger partial charge in [0.1, 0.15) is 5.78 Å². The topological polar surface area (TPSA) is 123 Å². The van der Waals surface area contributed by atoms with Crippen molar-refractivity contribution in [2.75, 3.05) is 98.9 Å². The molecule has 0 aromatic heterocycles. The molecule has 1 unspecified atom stereocenters. The largest absolute Gasteiger partial charge is 0.480 e. The van der Waals surface area contributed by atoms with Crippen molar-refractivity contribution in [3.8, 4) is 0 Å². The molecule has 2 aliphatic heterocycles. The molecule has 0 spiro atoms. The third kappa shape index (κ3) is 15.9. The molecule has 0 aliphatic carbocycles. The highest BCUT2D eigenvalue weighted by atomic mass is 28.3. The molecule has 230 valence electrons. The summed E-state index contributed by atoms with van der Waals surface area (Å²) < 4.78 is 11.8. The van der Waals surface area contributed by atoms with E-state index in [2.05, 4.69) is 35.0 Å². The van der Waals surface area contributed by atoms with Crippen LogP contribution < -0.4 is 0 Å². The normalized spacial score (nSPS) is 22.7. The van der Waals surface area contributed by atoms with E-state index in [0.29, 0.717) is 85.0 Å². The van der Waals surface area contributed by atoms with Gasteiger partial charge in [-0.3, -0.25) is 29.1 Å². The molecule has 40 heavy (non-hydrogen) atoms. The van der Waals surface area contributed by atoms with E-state index in [1.807, 2.05) is 16.8 Å². The maximum absolute atomic E-state index is 12.8. The Labute approximate surface area is 241 Å². The molecule has 0 amide bonds. The first-order chi connectivity index (χ1) is 19.0. The van der Waals surface area contributed by atoms with Gasteiger partial charge in [0.25, 0.3) is 0 Å². The summed E-state index contributed by atoms with van der Waals surface area (Å²) in [5.74, 6) is -1.65. The van der Waals surface area contributed by atoms with Gasteiger partial charge in [0.2, 0.25) is 0 Å². The molecule has 0 aromatic carbocycles. The summed E-state index contributed by atoms with van der Waals surface area (Å²) in [5, 5.41) is 18.6. The van der Waals surface area contributed by atoms with Gasteiger partial charge in [0.05, 0.1) is 47.0 Å². The standard InChI is InChI=1S/C28H52N4O7Si/c1-29-9-11-30(13-14-32(23-28(36)37)16-15-31(12-10-29)22-27(34)35)21-25(33)7-6-17-38-18-19-39-26-8-4-5-20-40(2,3)24-26/h4,8,26H,5-7,9-24H2,1-3H3,(H,34,35)(H,36,37). The van der Waals surface area contributed by atoms with Crippen LogP contribution in [0.15, 0.2) is 12.2 Å². The highest BCUT2D eigenvalue weighted by Gasteiger charge is 2.26. The number of hydrogen-bond acceptors (Lipinski definition) is 9. The second kappa shape index (κ2) is 18.7. The quantitative estimate of drug-likeness (QED) is 0.175. The van der Waals surface area contributed by atoms with Crippen LogP contribution >= 0.6 is 0 Å². The number of carboxylic acids is 2. The first-order valence-electron chi connectivity index (χ1n) is 14.7. The van der Waals surface area contributed by atoms with Crippen molar-refractivity contribution < 1.29 is 34.1 Å². The van der Waals surface area contributed by atoms with Crippen LogP contribution in [0.2, 0.25) is 25.2 Å². The molecule has 0 aromatic rings. The lowest BCUT2D eigenvalue weighted by Crippen LogP contribution is -2.47. The number of likely N-dealkylation sites (N-methyl/N-ethyl adjacent to an activating group) is 1. The summed E-state index contributed by atoms with van der Waals surface area (Å²) in [4.78, 5) is 43.3. The van der Waals surface area contributed by atoms with Crippen LogP contribution in [-0.4, -0.2) is 161 Å². The average Bonchev–Trinajstić information content (AvgIpc) is 3.04. The lowest BCUT2D eigenvalue weighted by atomic mass is 10.2. The van der Waals surface area contributed by atoms with Gasteiger partial charge in [-0.05, 0) is 25.9 Å². The zero-order valence-corrected chi connectivity index (χ0v) is 25.9. The Balaban J connectivity index is 1.73. The van der Waals surface area contributed by atoms with Gasteiger partial charge in [0.15, 0.2) is 0 Å². The number of allylic oxidation sites excluding steroid dienone is 1. The Kier molecular flexibility index (Phi) is 16.1. The van der Waals surface area contributed by atoms with Crippen molar-refractivity contribution in [2.45, 2.75) is 50.5 Å². The summed E-state index contributed by atoms with van der Waals surface area (Å²) in [7, 11) is 0.819. The van der Waals surface area contributed by atoms with Crippen LogP contribution in [0, 0.1) is 0 Å². The average molecular weight is 585 g/mol. The molecule has 0 bridgehead atoms. The number of carboxylic acid groups (broad SMARTS) is 2. The zero-order chi connectivity index (χ0) is 29.4. The van der Waals surface area contributed by atoms with E-state index < -0.39 is 20.0 Å². The predicted octanol–water partition coefficient (Wildman–Crippen LogP) is 1.43. The summed E-state index contributed by atoms with van der Waals surface area (Å²) in [6.07, 6.45) is 6.91. The van der Waals surface area contributed by atoms with E-state index in [1.54, 1.807) is 0 Å². The number of nitrogens with zero attached hydrogens (tertiary/aromatic N) is 4. The minimum Gasteiger partial charge on any atom is -0.480 e. The summed E-state index contributed by atoms with van der Waals surface area (Å²) >= 11 is 0.